The topological polar surface area (TPSA) is 116 Å². The molecule has 0 saturated heterocycles. The average Bonchev–Trinajstić information content (AvgIpc) is 3.13. The molecule has 0 spiro atoms. The van der Waals surface area contributed by atoms with E-state index in [1.165, 1.54) is 4.68 Å². The Morgan fingerprint density at radius 3 is 2.55 bits per heavy atom. The van der Waals surface area contributed by atoms with Crippen molar-refractivity contribution in [3.8, 4) is 17.2 Å². The number of hydrogen-bond acceptors (Lipinski definition) is 6. The van der Waals surface area contributed by atoms with Crippen LogP contribution in [0.2, 0.25) is 0 Å². The van der Waals surface area contributed by atoms with Crippen molar-refractivity contribution in [2.75, 3.05) is 13.2 Å². The molecule has 1 aliphatic rings. The fourth-order valence-corrected chi connectivity index (χ4v) is 3.08. The second-order valence-corrected chi connectivity index (χ2v) is 6.42. The SMILES string of the molecule is Cc1c(C(=O)N[C@H](C(=O)O)c2ccccc2)nnn1-c1ccc2c(c1)OCCO2. The Morgan fingerprint density at radius 1 is 1.10 bits per heavy atom. The lowest BCUT2D eigenvalue weighted by Gasteiger charge is -2.19. The first kappa shape index (κ1) is 18.5. The van der Waals surface area contributed by atoms with Crippen molar-refractivity contribution in [2.24, 2.45) is 0 Å². The van der Waals surface area contributed by atoms with Crippen molar-refractivity contribution in [1.82, 2.24) is 20.3 Å². The zero-order valence-corrected chi connectivity index (χ0v) is 15.5. The minimum absolute atomic E-state index is 0.0436. The molecule has 29 heavy (non-hydrogen) atoms. The van der Waals surface area contributed by atoms with Crippen molar-refractivity contribution < 1.29 is 24.2 Å². The highest BCUT2D eigenvalue weighted by Crippen LogP contribution is 2.32. The van der Waals surface area contributed by atoms with Crippen molar-refractivity contribution in [2.45, 2.75) is 13.0 Å². The van der Waals surface area contributed by atoms with Crippen LogP contribution in [0.15, 0.2) is 48.5 Å². The van der Waals surface area contributed by atoms with Gasteiger partial charge in [0.25, 0.3) is 5.91 Å². The van der Waals surface area contributed by atoms with Crippen molar-refractivity contribution in [1.29, 1.82) is 0 Å². The van der Waals surface area contributed by atoms with Crippen LogP contribution in [0.25, 0.3) is 5.69 Å². The Morgan fingerprint density at radius 2 is 1.83 bits per heavy atom. The Kier molecular flexibility index (Phi) is 4.86. The lowest BCUT2D eigenvalue weighted by atomic mass is 10.1. The second-order valence-electron chi connectivity index (χ2n) is 6.42. The molecule has 0 radical (unpaired) electrons. The van der Waals surface area contributed by atoms with Crippen molar-refractivity contribution in [3.63, 3.8) is 0 Å². The standard InChI is InChI=1S/C20H18N4O5/c1-12-17(19(25)21-18(20(26)27)13-5-3-2-4-6-13)22-23-24(12)14-7-8-15-16(11-14)29-10-9-28-15/h2-8,11,18H,9-10H2,1H3,(H,21,25)(H,26,27)/t18-/m0/s1. The third-order valence-electron chi connectivity index (χ3n) is 4.54. The quantitative estimate of drug-likeness (QED) is 0.679. The molecule has 1 aliphatic heterocycles. The summed E-state index contributed by atoms with van der Waals surface area (Å²) in [4.78, 5) is 24.3. The van der Waals surface area contributed by atoms with Gasteiger partial charge in [0, 0.05) is 6.07 Å². The van der Waals surface area contributed by atoms with Crippen LogP contribution in [0.3, 0.4) is 0 Å². The van der Waals surface area contributed by atoms with Gasteiger partial charge in [-0.3, -0.25) is 4.79 Å². The van der Waals surface area contributed by atoms with E-state index in [1.54, 1.807) is 55.5 Å². The van der Waals surface area contributed by atoms with Gasteiger partial charge in [-0.25, -0.2) is 9.48 Å². The highest BCUT2D eigenvalue weighted by molar-refractivity contribution is 5.96. The number of benzene rings is 2. The summed E-state index contributed by atoms with van der Waals surface area (Å²) in [6.45, 7) is 2.63. The summed E-state index contributed by atoms with van der Waals surface area (Å²) in [6.07, 6.45) is 0. The van der Waals surface area contributed by atoms with Crippen LogP contribution in [-0.2, 0) is 4.79 Å². The first-order chi connectivity index (χ1) is 14.0. The predicted molar refractivity (Wildman–Crippen MR) is 101 cm³/mol. The molecule has 0 bridgehead atoms. The zero-order valence-electron chi connectivity index (χ0n) is 15.5. The molecule has 148 valence electrons. The van der Waals surface area contributed by atoms with E-state index in [1.807, 2.05) is 0 Å². The molecule has 2 heterocycles. The first-order valence-corrected chi connectivity index (χ1v) is 8.95. The van der Waals surface area contributed by atoms with Crippen LogP contribution in [0.1, 0.15) is 27.8 Å². The Labute approximate surface area is 165 Å². The molecule has 9 nitrogen and oxygen atoms in total. The molecular formula is C20H18N4O5. The first-order valence-electron chi connectivity index (χ1n) is 8.95. The van der Waals surface area contributed by atoms with Gasteiger partial charge >= 0.3 is 5.97 Å². The predicted octanol–water partition coefficient (Wildman–Crippen LogP) is 1.90. The number of carbonyl (C=O) groups excluding carboxylic acids is 1. The summed E-state index contributed by atoms with van der Waals surface area (Å²) in [5.41, 5.74) is 1.62. The minimum atomic E-state index is -1.19. The van der Waals surface area contributed by atoms with E-state index in [4.69, 9.17) is 9.47 Å². The summed E-state index contributed by atoms with van der Waals surface area (Å²) in [6, 6.07) is 12.6. The van der Waals surface area contributed by atoms with Crippen LogP contribution < -0.4 is 14.8 Å². The van der Waals surface area contributed by atoms with E-state index < -0.39 is 17.9 Å². The molecule has 9 heteroatoms. The normalized spacial score (nSPS) is 13.6. The molecule has 2 N–H and O–H groups in total. The fourth-order valence-electron chi connectivity index (χ4n) is 3.08. The number of carboxylic acids is 1. The van der Waals surface area contributed by atoms with E-state index in [9.17, 15) is 14.7 Å². The van der Waals surface area contributed by atoms with Crippen LogP contribution in [0, 0.1) is 6.92 Å². The molecule has 1 atom stereocenters. The number of aliphatic carboxylic acids is 1. The number of rotatable bonds is 5. The number of hydrogen-bond donors (Lipinski definition) is 2. The number of aromatic nitrogens is 3. The maximum atomic E-state index is 12.7. The number of carboxylic acid groups (broad SMARTS) is 1. The van der Waals surface area contributed by atoms with Gasteiger partial charge in [-0.05, 0) is 24.6 Å². The van der Waals surface area contributed by atoms with E-state index in [0.29, 0.717) is 41.7 Å². The lowest BCUT2D eigenvalue weighted by Crippen LogP contribution is -2.34. The van der Waals surface area contributed by atoms with Crippen molar-refractivity contribution in [3.05, 3.63) is 65.5 Å². The van der Waals surface area contributed by atoms with Gasteiger partial charge in [-0.2, -0.15) is 0 Å². The molecule has 1 aromatic heterocycles. The van der Waals surface area contributed by atoms with Crippen LogP contribution in [0.4, 0.5) is 0 Å². The van der Waals surface area contributed by atoms with Gasteiger partial charge in [0.2, 0.25) is 0 Å². The molecule has 0 unspecified atom stereocenters. The van der Waals surface area contributed by atoms with Gasteiger partial charge in [0.05, 0.1) is 11.4 Å². The number of nitrogens with one attached hydrogen (secondary N) is 1. The maximum Gasteiger partial charge on any atom is 0.330 e. The molecule has 1 amide bonds. The Hall–Kier alpha value is -3.88. The fraction of sp³-hybridized carbons (Fsp3) is 0.200. The van der Waals surface area contributed by atoms with Crippen LogP contribution in [0.5, 0.6) is 11.5 Å². The maximum absolute atomic E-state index is 12.7. The van der Waals surface area contributed by atoms with Crippen LogP contribution >= 0.6 is 0 Å². The van der Waals surface area contributed by atoms with Gasteiger partial charge in [0.15, 0.2) is 23.2 Å². The molecule has 2 aromatic carbocycles. The molecular weight excluding hydrogens is 376 g/mol. The van der Waals surface area contributed by atoms with Gasteiger partial charge < -0.3 is 19.9 Å². The number of ether oxygens (including phenoxy) is 2. The van der Waals surface area contributed by atoms with E-state index in [0.717, 1.165) is 0 Å². The molecule has 3 aromatic rings. The molecule has 4 rings (SSSR count). The summed E-state index contributed by atoms with van der Waals surface area (Å²) >= 11 is 0. The van der Waals surface area contributed by atoms with E-state index in [2.05, 4.69) is 15.6 Å². The third-order valence-corrected chi connectivity index (χ3v) is 4.54. The monoisotopic (exact) mass is 394 g/mol. The third kappa shape index (κ3) is 3.62. The Bertz CT molecular complexity index is 1060. The summed E-state index contributed by atoms with van der Waals surface area (Å²) in [7, 11) is 0. The van der Waals surface area contributed by atoms with Gasteiger partial charge in [0.1, 0.15) is 13.2 Å². The van der Waals surface area contributed by atoms with Gasteiger partial charge in [-0.15, -0.1) is 5.10 Å². The lowest BCUT2D eigenvalue weighted by molar-refractivity contribution is -0.139. The largest absolute Gasteiger partial charge is 0.486 e. The number of carbonyl (C=O) groups is 2. The number of fused-ring (bicyclic) bond motifs is 1. The average molecular weight is 394 g/mol. The highest BCUT2D eigenvalue weighted by Gasteiger charge is 2.26. The second kappa shape index (κ2) is 7.63. The summed E-state index contributed by atoms with van der Waals surface area (Å²) in [5, 5.41) is 20.0. The smallest absolute Gasteiger partial charge is 0.330 e. The van der Waals surface area contributed by atoms with E-state index >= 15 is 0 Å². The van der Waals surface area contributed by atoms with Crippen molar-refractivity contribution >= 4 is 11.9 Å². The highest BCUT2D eigenvalue weighted by atomic mass is 16.6. The van der Waals surface area contributed by atoms with Gasteiger partial charge in [-0.1, -0.05) is 35.5 Å². The minimum Gasteiger partial charge on any atom is -0.486 e. The molecule has 0 aliphatic carbocycles. The molecule has 0 saturated carbocycles. The molecule has 0 fully saturated rings. The number of nitrogens with zero attached hydrogens (tertiary/aromatic N) is 3. The summed E-state index contributed by atoms with van der Waals surface area (Å²) < 4.78 is 12.6. The number of amides is 1. The van der Waals surface area contributed by atoms with Crippen LogP contribution in [-0.4, -0.2) is 45.2 Å². The van der Waals surface area contributed by atoms with E-state index in [-0.39, 0.29) is 5.69 Å². The summed E-state index contributed by atoms with van der Waals surface area (Å²) in [5.74, 6) is -0.559. The Balaban J connectivity index is 1.59. The zero-order chi connectivity index (χ0) is 20.4.